The van der Waals surface area contributed by atoms with Gasteiger partial charge in [0.2, 0.25) is 5.91 Å². The van der Waals surface area contributed by atoms with Gasteiger partial charge in [-0.15, -0.1) is 0 Å². The number of amides is 1. The Hall–Kier alpha value is -1.10. The van der Waals surface area contributed by atoms with Crippen LogP contribution >= 0.6 is 0 Å². The van der Waals surface area contributed by atoms with E-state index in [1.54, 1.807) is 14.0 Å². The molecule has 0 aromatic carbocycles. The summed E-state index contributed by atoms with van der Waals surface area (Å²) in [6.07, 6.45) is 1.59. The molecule has 0 aromatic heterocycles. The highest BCUT2D eigenvalue weighted by molar-refractivity contribution is 5.77. The Labute approximate surface area is 102 Å². The molecule has 0 bridgehead atoms. The zero-order chi connectivity index (χ0) is 13.0. The Bertz CT molecular complexity index is 293. The maximum atomic E-state index is 11.9. The first-order chi connectivity index (χ1) is 7.90. The highest BCUT2D eigenvalue weighted by Gasteiger charge is 2.24. The van der Waals surface area contributed by atoms with Crippen LogP contribution in [0.25, 0.3) is 0 Å². The SMILES string of the molecule is CC(CN(C)C(=O)CC1CCN(C)C1)C(=O)O. The second-order valence-corrected chi connectivity index (χ2v) is 5.13. The Morgan fingerprint density at radius 2 is 2.18 bits per heavy atom. The Balaban J connectivity index is 2.34. The predicted octanol–water partition coefficient (Wildman–Crippen LogP) is 0.507. The van der Waals surface area contributed by atoms with Crippen molar-refractivity contribution < 1.29 is 14.7 Å². The molecule has 2 unspecified atom stereocenters. The van der Waals surface area contributed by atoms with Crippen molar-refractivity contribution in [1.29, 1.82) is 0 Å². The average molecular weight is 242 g/mol. The van der Waals surface area contributed by atoms with E-state index in [9.17, 15) is 9.59 Å². The largest absolute Gasteiger partial charge is 0.481 e. The third kappa shape index (κ3) is 4.34. The number of rotatable bonds is 5. The normalized spacial score (nSPS) is 22.4. The van der Waals surface area contributed by atoms with Gasteiger partial charge in [-0.2, -0.15) is 0 Å². The molecular weight excluding hydrogens is 220 g/mol. The van der Waals surface area contributed by atoms with E-state index >= 15 is 0 Å². The van der Waals surface area contributed by atoms with E-state index < -0.39 is 11.9 Å². The number of carboxylic acid groups (broad SMARTS) is 1. The number of carbonyl (C=O) groups is 2. The van der Waals surface area contributed by atoms with Gasteiger partial charge in [0, 0.05) is 26.6 Å². The van der Waals surface area contributed by atoms with Crippen molar-refractivity contribution in [1.82, 2.24) is 9.80 Å². The molecule has 5 nitrogen and oxygen atoms in total. The third-order valence-corrected chi connectivity index (χ3v) is 3.35. The van der Waals surface area contributed by atoms with Gasteiger partial charge >= 0.3 is 5.97 Å². The van der Waals surface area contributed by atoms with Crippen LogP contribution in [-0.4, -0.2) is 60.5 Å². The van der Waals surface area contributed by atoms with Crippen molar-refractivity contribution in [2.24, 2.45) is 11.8 Å². The molecule has 1 aliphatic rings. The first-order valence-electron chi connectivity index (χ1n) is 6.05. The van der Waals surface area contributed by atoms with Crippen LogP contribution in [0.1, 0.15) is 19.8 Å². The molecule has 17 heavy (non-hydrogen) atoms. The number of hydrogen-bond donors (Lipinski definition) is 1. The summed E-state index contributed by atoms with van der Waals surface area (Å²) in [4.78, 5) is 26.3. The van der Waals surface area contributed by atoms with Gasteiger partial charge in [-0.05, 0) is 25.9 Å². The van der Waals surface area contributed by atoms with Crippen molar-refractivity contribution >= 4 is 11.9 Å². The zero-order valence-electron chi connectivity index (χ0n) is 10.8. The summed E-state index contributed by atoms with van der Waals surface area (Å²) in [6.45, 7) is 3.92. The van der Waals surface area contributed by atoms with E-state index in [-0.39, 0.29) is 12.5 Å². The van der Waals surface area contributed by atoms with E-state index in [0.29, 0.717) is 12.3 Å². The molecule has 0 radical (unpaired) electrons. The minimum absolute atomic E-state index is 0.0541. The molecule has 2 atom stereocenters. The van der Waals surface area contributed by atoms with Gasteiger partial charge in [-0.1, -0.05) is 6.92 Å². The quantitative estimate of drug-likeness (QED) is 0.763. The Morgan fingerprint density at radius 1 is 1.53 bits per heavy atom. The number of carbonyl (C=O) groups excluding carboxylic acids is 1. The van der Waals surface area contributed by atoms with E-state index in [0.717, 1.165) is 19.5 Å². The number of aliphatic carboxylic acids is 1. The van der Waals surface area contributed by atoms with Crippen LogP contribution in [0, 0.1) is 11.8 Å². The highest BCUT2D eigenvalue weighted by atomic mass is 16.4. The fraction of sp³-hybridized carbons (Fsp3) is 0.833. The molecule has 0 spiro atoms. The van der Waals surface area contributed by atoms with Crippen molar-refractivity contribution in [2.75, 3.05) is 33.7 Å². The van der Waals surface area contributed by atoms with Crippen LogP contribution in [0.2, 0.25) is 0 Å². The lowest BCUT2D eigenvalue weighted by atomic mass is 10.0. The van der Waals surface area contributed by atoms with Crippen LogP contribution < -0.4 is 0 Å². The first-order valence-corrected chi connectivity index (χ1v) is 6.05. The van der Waals surface area contributed by atoms with Gasteiger partial charge in [0.1, 0.15) is 0 Å². The minimum atomic E-state index is -0.856. The molecule has 0 aliphatic carbocycles. The van der Waals surface area contributed by atoms with Gasteiger partial charge < -0.3 is 14.9 Å². The van der Waals surface area contributed by atoms with Crippen molar-refractivity contribution in [3.05, 3.63) is 0 Å². The molecule has 98 valence electrons. The molecule has 0 saturated carbocycles. The standard InChI is InChI=1S/C12H22N2O3/c1-9(12(16)17)7-14(3)11(15)6-10-4-5-13(2)8-10/h9-10H,4-8H2,1-3H3,(H,16,17). The third-order valence-electron chi connectivity index (χ3n) is 3.35. The summed E-state index contributed by atoms with van der Waals surface area (Å²) >= 11 is 0. The van der Waals surface area contributed by atoms with Crippen LogP contribution in [0.15, 0.2) is 0 Å². The minimum Gasteiger partial charge on any atom is -0.481 e. The van der Waals surface area contributed by atoms with Crippen molar-refractivity contribution in [2.45, 2.75) is 19.8 Å². The predicted molar refractivity (Wildman–Crippen MR) is 64.7 cm³/mol. The van der Waals surface area contributed by atoms with E-state index in [4.69, 9.17) is 5.11 Å². The Kier molecular flexibility index (Phi) is 4.93. The first kappa shape index (κ1) is 14.0. The second-order valence-electron chi connectivity index (χ2n) is 5.13. The van der Waals surface area contributed by atoms with Crippen LogP contribution in [-0.2, 0) is 9.59 Å². The van der Waals surface area contributed by atoms with Crippen molar-refractivity contribution in [3.63, 3.8) is 0 Å². The summed E-state index contributed by atoms with van der Waals surface area (Å²) in [6, 6.07) is 0. The smallest absolute Gasteiger partial charge is 0.308 e. The van der Waals surface area contributed by atoms with Gasteiger partial charge in [-0.25, -0.2) is 0 Å². The topological polar surface area (TPSA) is 60.9 Å². The molecule has 1 rings (SSSR count). The Morgan fingerprint density at radius 3 is 2.65 bits per heavy atom. The molecule has 1 aliphatic heterocycles. The van der Waals surface area contributed by atoms with Crippen LogP contribution in [0.4, 0.5) is 0 Å². The van der Waals surface area contributed by atoms with Gasteiger partial charge in [-0.3, -0.25) is 9.59 Å². The fourth-order valence-corrected chi connectivity index (χ4v) is 2.19. The lowest BCUT2D eigenvalue weighted by Crippen LogP contribution is -2.34. The number of carboxylic acids is 1. The summed E-state index contributed by atoms with van der Waals surface area (Å²) in [5.74, 6) is -0.881. The summed E-state index contributed by atoms with van der Waals surface area (Å²) in [7, 11) is 3.74. The second kappa shape index (κ2) is 6.00. The zero-order valence-corrected chi connectivity index (χ0v) is 10.8. The number of likely N-dealkylation sites (tertiary alicyclic amines) is 1. The fourth-order valence-electron chi connectivity index (χ4n) is 2.19. The maximum absolute atomic E-state index is 11.9. The lowest BCUT2D eigenvalue weighted by Gasteiger charge is -2.21. The molecule has 1 amide bonds. The summed E-state index contributed by atoms with van der Waals surface area (Å²) < 4.78 is 0. The molecule has 1 heterocycles. The lowest BCUT2D eigenvalue weighted by molar-refractivity contribution is -0.142. The highest BCUT2D eigenvalue weighted by Crippen LogP contribution is 2.18. The van der Waals surface area contributed by atoms with Gasteiger partial charge in [0.25, 0.3) is 0 Å². The summed E-state index contributed by atoms with van der Waals surface area (Å²) in [5.41, 5.74) is 0. The molecule has 0 aromatic rings. The maximum Gasteiger partial charge on any atom is 0.308 e. The van der Waals surface area contributed by atoms with Crippen LogP contribution in [0.5, 0.6) is 0 Å². The number of nitrogens with zero attached hydrogens (tertiary/aromatic N) is 2. The number of hydrogen-bond acceptors (Lipinski definition) is 3. The molecular formula is C12H22N2O3. The molecule has 1 N–H and O–H groups in total. The molecule has 1 fully saturated rings. The van der Waals surface area contributed by atoms with Crippen molar-refractivity contribution in [3.8, 4) is 0 Å². The monoisotopic (exact) mass is 242 g/mol. The average Bonchev–Trinajstić information content (AvgIpc) is 2.63. The molecule has 5 heteroatoms. The van der Waals surface area contributed by atoms with Crippen LogP contribution in [0.3, 0.4) is 0 Å². The van der Waals surface area contributed by atoms with E-state index in [1.807, 2.05) is 0 Å². The van der Waals surface area contributed by atoms with Gasteiger partial charge in [0.15, 0.2) is 0 Å². The summed E-state index contributed by atoms with van der Waals surface area (Å²) in [5, 5.41) is 8.79. The molecule has 1 saturated heterocycles. The van der Waals surface area contributed by atoms with Gasteiger partial charge in [0.05, 0.1) is 5.92 Å². The van der Waals surface area contributed by atoms with E-state index in [1.165, 1.54) is 4.90 Å². The van der Waals surface area contributed by atoms with E-state index in [2.05, 4.69) is 11.9 Å².